The van der Waals surface area contributed by atoms with Crippen molar-refractivity contribution in [3.05, 3.63) is 60.4 Å². The molecule has 0 aromatic heterocycles. The molecule has 0 aliphatic carbocycles. The van der Waals surface area contributed by atoms with Crippen LogP contribution in [0.3, 0.4) is 0 Å². The second-order valence-electron chi connectivity index (χ2n) is 3.38. The second-order valence-corrected chi connectivity index (χ2v) is 3.38. The van der Waals surface area contributed by atoms with E-state index >= 15 is 0 Å². The molecule has 0 saturated carbocycles. The van der Waals surface area contributed by atoms with Gasteiger partial charge in [-0.15, -0.1) is 0 Å². The smallest absolute Gasteiger partial charge is 0.166 e. The first-order valence-electron chi connectivity index (χ1n) is 4.93. The Balaban J connectivity index is 1.98. The van der Waals surface area contributed by atoms with Crippen molar-refractivity contribution in [2.45, 2.75) is 12.5 Å². The third kappa shape index (κ3) is 2.56. The van der Waals surface area contributed by atoms with E-state index < -0.39 is 0 Å². The van der Waals surface area contributed by atoms with E-state index in [0.717, 1.165) is 5.56 Å². The van der Waals surface area contributed by atoms with Crippen LogP contribution in [0.2, 0.25) is 0 Å². The first-order chi connectivity index (χ1) is 7.36. The predicted molar refractivity (Wildman–Crippen MR) is 58.5 cm³/mol. The van der Waals surface area contributed by atoms with Crippen molar-refractivity contribution in [2.75, 3.05) is 0 Å². The highest BCUT2D eigenvalue weighted by molar-refractivity contribution is 5.96. The van der Waals surface area contributed by atoms with Gasteiger partial charge in [-0.1, -0.05) is 36.4 Å². The van der Waals surface area contributed by atoms with E-state index in [-0.39, 0.29) is 11.9 Å². The summed E-state index contributed by atoms with van der Waals surface area (Å²) in [4.78, 5) is 11.8. The number of carbonyl (C=O) groups is 1. The molecule has 1 aliphatic heterocycles. The highest BCUT2D eigenvalue weighted by Crippen LogP contribution is 2.11. The number of hydrogen-bond acceptors (Lipinski definition) is 2. The van der Waals surface area contributed by atoms with Crippen molar-refractivity contribution < 1.29 is 9.53 Å². The van der Waals surface area contributed by atoms with Gasteiger partial charge >= 0.3 is 0 Å². The van der Waals surface area contributed by atoms with Crippen molar-refractivity contribution in [1.29, 1.82) is 0 Å². The molecule has 0 radical (unpaired) electrons. The Morgan fingerprint density at radius 1 is 1.20 bits per heavy atom. The molecule has 2 heteroatoms. The van der Waals surface area contributed by atoms with Crippen LogP contribution < -0.4 is 0 Å². The highest BCUT2D eigenvalue weighted by Gasteiger charge is 2.13. The van der Waals surface area contributed by atoms with Crippen LogP contribution in [0, 0.1) is 0 Å². The van der Waals surface area contributed by atoms with Crippen LogP contribution in [-0.4, -0.2) is 11.9 Å². The Hall–Kier alpha value is -1.83. The predicted octanol–water partition coefficient (Wildman–Crippen LogP) is 2.73. The van der Waals surface area contributed by atoms with Gasteiger partial charge in [0.2, 0.25) is 0 Å². The molecule has 2 rings (SSSR count). The first-order valence-corrected chi connectivity index (χ1v) is 4.93. The van der Waals surface area contributed by atoms with Crippen molar-refractivity contribution >= 4 is 5.78 Å². The van der Waals surface area contributed by atoms with Gasteiger partial charge < -0.3 is 4.74 Å². The number of ketones is 1. The molecule has 0 fully saturated rings. The lowest BCUT2D eigenvalue weighted by Crippen LogP contribution is -2.14. The number of benzene rings is 1. The van der Waals surface area contributed by atoms with Crippen LogP contribution in [0.15, 0.2) is 54.8 Å². The Morgan fingerprint density at radius 2 is 2.00 bits per heavy atom. The molecule has 2 nitrogen and oxygen atoms in total. The molecule has 1 atom stereocenters. The van der Waals surface area contributed by atoms with E-state index in [1.54, 1.807) is 6.26 Å². The first kappa shape index (κ1) is 9.71. The van der Waals surface area contributed by atoms with E-state index in [1.807, 2.05) is 48.6 Å². The molecule has 15 heavy (non-hydrogen) atoms. The maximum Gasteiger partial charge on any atom is 0.166 e. The summed E-state index contributed by atoms with van der Waals surface area (Å²) in [5, 5.41) is 0. The van der Waals surface area contributed by atoms with Gasteiger partial charge in [-0.2, -0.15) is 0 Å². The van der Waals surface area contributed by atoms with Gasteiger partial charge in [0.05, 0.1) is 12.7 Å². The van der Waals surface area contributed by atoms with E-state index in [0.29, 0.717) is 6.42 Å². The summed E-state index contributed by atoms with van der Waals surface area (Å²) in [5.74, 6) is 0.112. The molecule has 1 aliphatic rings. The van der Waals surface area contributed by atoms with Gasteiger partial charge in [0, 0.05) is 5.56 Å². The van der Waals surface area contributed by atoms with Gasteiger partial charge in [0.25, 0.3) is 0 Å². The maximum absolute atomic E-state index is 11.8. The molecule has 0 amide bonds. The summed E-state index contributed by atoms with van der Waals surface area (Å²) in [6.45, 7) is 0. The molecule has 1 heterocycles. The van der Waals surface area contributed by atoms with Crippen molar-refractivity contribution in [2.24, 2.45) is 0 Å². The van der Waals surface area contributed by atoms with Crippen LogP contribution in [0.4, 0.5) is 0 Å². The van der Waals surface area contributed by atoms with E-state index in [2.05, 4.69) is 0 Å². The maximum atomic E-state index is 11.8. The minimum absolute atomic E-state index is 0.112. The zero-order valence-corrected chi connectivity index (χ0v) is 8.30. The van der Waals surface area contributed by atoms with E-state index in [1.165, 1.54) is 0 Å². The Labute approximate surface area is 88.9 Å². The molecule has 1 aromatic rings. The minimum Gasteiger partial charge on any atom is -0.493 e. The lowest BCUT2D eigenvalue weighted by Gasteiger charge is -2.13. The van der Waals surface area contributed by atoms with Crippen molar-refractivity contribution in [1.82, 2.24) is 0 Å². The largest absolute Gasteiger partial charge is 0.493 e. The monoisotopic (exact) mass is 200 g/mol. The molecule has 1 aromatic carbocycles. The summed E-state index contributed by atoms with van der Waals surface area (Å²) in [5.41, 5.74) is 0.740. The zero-order valence-electron chi connectivity index (χ0n) is 8.30. The minimum atomic E-state index is -0.122. The summed E-state index contributed by atoms with van der Waals surface area (Å²) in [6.07, 6.45) is 7.48. The molecular formula is C13H12O2. The Bertz CT molecular complexity index is 390. The molecule has 76 valence electrons. The van der Waals surface area contributed by atoms with Crippen LogP contribution in [0.1, 0.15) is 16.8 Å². The molecule has 0 N–H and O–H groups in total. The van der Waals surface area contributed by atoms with Gasteiger partial charge in [-0.3, -0.25) is 4.79 Å². The Kier molecular flexibility index (Phi) is 2.98. The SMILES string of the molecule is O=C(CC1C=CC=CO1)c1ccccc1. The van der Waals surface area contributed by atoms with Crippen LogP contribution in [0.5, 0.6) is 0 Å². The lowest BCUT2D eigenvalue weighted by molar-refractivity contribution is 0.0901. The van der Waals surface area contributed by atoms with Crippen LogP contribution in [0.25, 0.3) is 0 Å². The average molecular weight is 200 g/mol. The average Bonchev–Trinajstić information content (AvgIpc) is 2.31. The van der Waals surface area contributed by atoms with E-state index in [9.17, 15) is 4.79 Å². The Morgan fingerprint density at radius 3 is 2.67 bits per heavy atom. The number of hydrogen-bond donors (Lipinski definition) is 0. The molecular weight excluding hydrogens is 188 g/mol. The molecule has 1 unspecified atom stereocenters. The standard InChI is InChI=1S/C13H12O2/c14-13(11-6-2-1-3-7-11)10-12-8-4-5-9-15-12/h1-9,12H,10H2. The summed E-state index contributed by atoms with van der Waals surface area (Å²) < 4.78 is 5.28. The third-order valence-electron chi connectivity index (χ3n) is 2.25. The van der Waals surface area contributed by atoms with Crippen LogP contribution >= 0.6 is 0 Å². The fourth-order valence-electron chi connectivity index (χ4n) is 1.47. The number of allylic oxidation sites excluding steroid dienone is 2. The van der Waals surface area contributed by atoms with Crippen molar-refractivity contribution in [3.63, 3.8) is 0 Å². The van der Waals surface area contributed by atoms with Crippen molar-refractivity contribution in [3.8, 4) is 0 Å². The van der Waals surface area contributed by atoms with Gasteiger partial charge in [0.15, 0.2) is 5.78 Å². The normalized spacial score (nSPS) is 18.5. The number of ether oxygens (including phenoxy) is 1. The number of rotatable bonds is 3. The van der Waals surface area contributed by atoms with Gasteiger partial charge in [0.1, 0.15) is 6.10 Å². The summed E-state index contributed by atoms with van der Waals surface area (Å²) in [6, 6.07) is 9.28. The fraction of sp³-hybridized carbons (Fsp3) is 0.154. The fourth-order valence-corrected chi connectivity index (χ4v) is 1.47. The molecule has 0 saturated heterocycles. The second kappa shape index (κ2) is 4.60. The van der Waals surface area contributed by atoms with Gasteiger partial charge in [-0.25, -0.2) is 0 Å². The lowest BCUT2D eigenvalue weighted by atomic mass is 10.0. The number of carbonyl (C=O) groups excluding carboxylic acids is 1. The van der Waals surface area contributed by atoms with Gasteiger partial charge in [-0.05, 0) is 12.2 Å². The highest BCUT2D eigenvalue weighted by atomic mass is 16.5. The number of Topliss-reactive ketones (excluding diaryl/α,β-unsaturated/α-hetero) is 1. The third-order valence-corrected chi connectivity index (χ3v) is 2.25. The quantitative estimate of drug-likeness (QED) is 0.701. The van der Waals surface area contributed by atoms with E-state index in [4.69, 9.17) is 4.74 Å². The summed E-state index contributed by atoms with van der Waals surface area (Å²) in [7, 11) is 0. The molecule has 0 spiro atoms. The summed E-state index contributed by atoms with van der Waals surface area (Å²) >= 11 is 0. The topological polar surface area (TPSA) is 26.3 Å². The molecule has 0 bridgehead atoms. The zero-order chi connectivity index (χ0) is 10.5. The van der Waals surface area contributed by atoms with Crippen LogP contribution in [-0.2, 0) is 4.74 Å².